The first-order valence-electron chi connectivity index (χ1n) is 10.6. The average Bonchev–Trinajstić information content (AvgIpc) is 3.20. The van der Waals surface area contributed by atoms with Crippen molar-refractivity contribution >= 4 is 5.91 Å². The van der Waals surface area contributed by atoms with Crippen LogP contribution in [0.1, 0.15) is 33.7 Å². The molecule has 33 heavy (non-hydrogen) atoms. The van der Waals surface area contributed by atoms with Crippen LogP contribution in [0.4, 0.5) is 13.2 Å². The largest absolute Gasteiger partial charge is 0.416 e. The maximum Gasteiger partial charge on any atom is 0.416 e. The number of aryl methyl sites for hydroxylation is 1. The summed E-state index contributed by atoms with van der Waals surface area (Å²) in [6, 6.07) is 15.6. The molecule has 172 valence electrons. The smallest absolute Gasteiger partial charge is 0.346 e. The van der Waals surface area contributed by atoms with Gasteiger partial charge in [0, 0.05) is 37.4 Å². The molecule has 1 saturated heterocycles. The highest BCUT2D eigenvalue weighted by Crippen LogP contribution is 2.30. The number of halogens is 3. The molecule has 1 unspecified atom stereocenters. The lowest BCUT2D eigenvalue weighted by Gasteiger charge is -2.17. The Bertz CT molecular complexity index is 1210. The van der Waals surface area contributed by atoms with Crippen molar-refractivity contribution < 1.29 is 18.0 Å². The molecule has 0 aliphatic carbocycles. The number of nitrogens with one attached hydrogen (secondary N) is 1. The zero-order chi connectivity index (χ0) is 23.6. The van der Waals surface area contributed by atoms with Crippen molar-refractivity contribution in [2.24, 2.45) is 0 Å². The molecule has 1 atom stereocenters. The SMILES string of the molecule is Cc1cc(=O)c(C(=O)NC2CCN(Cc3ccccc3)C2)nn1-c1cccc(C(F)(F)F)c1. The summed E-state index contributed by atoms with van der Waals surface area (Å²) in [5, 5.41) is 6.95. The summed E-state index contributed by atoms with van der Waals surface area (Å²) in [7, 11) is 0. The van der Waals surface area contributed by atoms with Gasteiger partial charge in [0.2, 0.25) is 5.43 Å². The third-order valence-electron chi connectivity index (χ3n) is 5.60. The lowest BCUT2D eigenvalue weighted by atomic mass is 10.2. The van der Waals surface area contributed by atoms with Crippen LogP contribution >= 0.6 is 0 Å². The summed E-state index contributed by atoms with van der Waals surface area (Å²) >= 11 is 0. The first-order valence-corrected chi connectivity index (χ1v) is 10.6. The molecule has 1 fully saturated rings. The third-order valence-corrected chi connectivity index (χ3v) is 5.60. The van der Waals surface area contributed by atoms with Crippen molar-refractivity contribution in [2.45, 2.75) is 32.1 Å². The van der Waals surface area contributed by atoms with Crippen LogP contribution in [-0.2, 0) is 12.7 Å². The van der Waals surface area contributed by atoms with Gasteiger partial charge in [-0.15, -0.1) is 0 Å². The maximum absolute atomic E-state index is 13.1. The van der Waals surface area contributed by atoms with Gasteiger partial charge in [-0.05, 0) is 37.1 Å². The molecule has 2 heterocycles. The van der Waals surface area contributed by atoms with E-state index < -0.39 is 23.1 Å². The number of amides is 1. The summed E-state index contributed by atoms with van der Waals surface area (Å²) in [5.41, 5.74) is -0.145. The van der Waals surface area contributed by atoms with Crippen LogP contribution in [0.5, 0.6) is 0 Å². The minimum absolute atomic E-state index is 0.117. The van der Waals surface area contributed by atoms with E-state index in [1.165, 1.54) is 28.4 Å². The minimum Gasteiger partial charge on any atom is -0.346 e. The number of likely N-dealkylation sites (tertiary alicyclic amines) is 1. The summed E-state index contributed by atoms with van der Waals surface area (Å²) in [5.74, 6) is -0.632. The number of hydrogen-bond donors (Lipinski definition) is 1. The molecule has 0 radical (unpaired) electrons. The zero-order valence-corrected chi connectivity index (χ0v) is 18.0. The quantitative estimate of drug-likeness (QED) is 0.638. The normalized spacial score (nSPS) is 16.7. The van der Waals surface area contributed by atoms with E-state index in [1.807, 2.05) is 30.3 Å². The van der Waals surface area contributed by atoms with Gasteiger partial charge in [-0.3, -0.25) is 14.5 Å². The second-order valence-corrected chi connectivity index (χ2v) is 8.14. The number of alkyl halides is 3. The van der Waals surface area contributed by atoms with Crippen LogP contribution < -0.4 is 10.7 Å². The summed E-state index contributed by atoms with van der Waals surface area (Å²) in [4.78, 5) is 27.5. The second kappa shape index (κ2) is 9.19. The molecule has 1 amide bonds. The fourth-order valence-electron chi connectivity index (χ4n) is 3.97. The van der Waals surface area contributed by atoms with Crippen LogP contribution in [0.25, 0.3) is 5.69 Å². The Balaban J connectivity index is 1.50. The number of aromatic nitrogens is 2. The Morgan fingerprint density at radius 2 is 1.88 bits per heavy atom. The molecule has 1 aromatic heterocycles. The van der Waals surface area contributed by atoms with E-state index in [2.05, 4.69) is 15.3 Å². The van der Waals surface area contributed by atoms with Gasteiger partial charge in [0.1, 0.15) is 0 Å². The lowest BCUT2D eigenvalue weighted by Crippen LogP contribution is -2.40. The van der Waals surface area contributed by atoms with Gasteiger partial charge in [-0.2, -0.15) is 18.3 Å². The molecule has 1 N–H and O–H groups in total. The third kappa shape index (κ3) is 5.31. The zero-order valence-electron chi connectivity index (χ0n) is 18.0. The summed E-state index contributed by atoms with van der Waals surface area (Å²) < 4.78 is 40.5. The number of hydrogen-bond acceptors (Lipinski definition) is 4. The number of nitrogens with zero attached hydrogens (tertiary/aromatic N) is 3. The molecule has 0 bridgehead atoms. The molecule has 1 aliphatic rings. The fourth-order valence-corrected chi connectivity index (χ4v) is 3.97. The Labute approximate surface area is 188 Å². The van der Waals surface area contributed by atoms with E-state index in [1.54, 1.807) is 6.92 Å². The highest BCUT2D eigenvalue weighted by Gasteiger charge is 2.31. The van der Waals surface area contributed by atoms with Gasteiger partial charge in [0.05, 0.1) is 11.3 Å². The Morgan fingerprint density at radius 3 is 2.61 bits per heavy atom. The highest BCUT2D eigenvalue weighted by molar-refractivity contribution is 5.92. The standard InChI is InChI=1S/C24H23F3N4O2/c1-16-12-21(32)22(29-31(16)20-9-5-8-18(13-20)24(25,26)27)23(33)28-19-10-11-30(15-19)14-17-6-3-2-4-7-17/h2-9,12-13,19H,10-11,14-15H2,1H3,(H,28,33). The van der Waals surface area contributed by atoms with Crippen LogP contribution in [0, 0.1) is 6.92 Å². The molecule has 0 saturated carbocycles. The van der Waals surface area contributed by atoms with Crippen molar-refractivity contribution in [1.82, 2.24) is 20.0 Å². The number of rotatable bonds is 5. The summed E-state index contributed by atoms with van der Waals surface area (Å²) in [6.07, 6.45) is -3.79. The van der Waals surface area contributed by atoms with Gasteiger partial charge in [-0.1, -0.05) is 36.4 Å². The average molecular weight is 456 g/mol. The molecule has 9 heteroatoms. The molecule has 2 aromatic carbocycles. The minimum atomic E-state index is -4.52. The van der Waals surface area contributed by atoms with Crippen molar-refractivity contribution in [2.75, 3.05) is 13.1 Å². The molecular weight excluding hydrogens is 433 g/mol. The van der Waals surface area contributed by atoms with Crippen LogP contribution in [0.2, 0.25) is 0 Å². The second-order valence-electron chi connectivity index (χ2n) is 8.14. The van der Waals surface area contributed by atoms with E-state index in [0.29, 0.717) is 12.2 Å². The molecule has 0 spiro atoms. The Morgan fingerprint density at radius 1 is 1.12 bits per heavy atom. The van der Waals surface area contributed by atoms with Gasteiger partial charge in [0.25, 0.3) is 5.91 Å². The predicted octanol–water partition coefficient (Wildman–Crippen LogP) is 3.56. The summed E-state index contributed by atoms with van der Waals surface area (Å²) in [6.45, 7) is 3.75. The number of carbonyl (C=O) groups excluding carboxylic acids is 1. The van der Waals surface area contributed by atoms with Crippen LogP contribution in [0.15, 0.2) is 65.5 Å². The van der Waals surface area contributed by atoms with Crippen molar-refractivity contribution in [1.29, 1.82) is 0 Å². The van der Waals surface area contributed by atoms with E-state index in [-0.39, 0.29) is 17.4 Å². The van der Waals surface area contributed by atoms with Crippen LogP contribution in [0.3, 0.4) is 0 Å². The van der Waals surface area contributed by atoms with Gasteiger partial charge in [0.15, 0.2) is 5.69 Å². The molecular formula is C24H23F3N4O2. The van der Waals surface area contributed by atoms with Gasteiger partial charge in [-0.25, -0.2) is 4.68 Å². The van der Waals surface area contributed by atoms with E-state index in [4.69, 9.17) is 0 Å². The van der Waals surface area contributed by atoms with Gasteiger partial charge < -0.3 is 5.32 Å². The Kier molecular flexibility index (Phi) is 6.33. The highest BCUT2D eigenvalue weighted by atomic mass is 19.4. The lowest BCUT2D eigenvalue weighted by molar-refractivity contribution is -0.137. The van der Waals surface area contributed by atoms with E-state index in [9.17, 15) is 22.8 Å². The molecule has 1 aliphatic heterocycles. The molecule has 3 aromatic rings. The van der Waals surface area contributed by atoms with Crippen molar-refractivity contribution in [3.8, 4) is 5.69 Å². The monoisotopic (exact) mass is 456 g/mol. The molecule has 4 rings (SSSR count). The first-order chi connectivity index (χ1) is 15.7. The van der Waals surface area contributed by atoms with Gasteiger partial charge >= 0.3 is 6.18 Å². The topological polar surface area (TPSA) is 67.2 Å². The van der Waals surface area contributed by atoms with Crippen molar-refractivity contribution in [3.05, 3.63) is 93.4 Å². The number of benzene rings is 2. The van der Waals surface area contributed by atoms with E-state index in [0.717, 1.165) is 31.6 Å². The van der Waals surface area contributed by atoms with Crippen molar-refractivity contribution in [3.63, 3.8) is 0 Å². The van der Waals surface area contributed by atoms with E-state index >= 15 is 0 Å². The predicted molar refractivity (Wildman–Crippen MR) is 117 cm³/mol. The first kappa shape index (κ1) is 22.7. The van der Waals surface area contributed by atoms with Crippen LogP contribution in [-0.4, -0.2) is 39.7 Å². The maximum atomic E-state index is 13.1. The Hall–Kier alpha value is -3.46. The molecule has 6 nitrogen and oxygen atoms in total. The fraction of sp³-hybridized carbons (Fsp3) is 0.292. The number of carbonyl (C=O) groups is 1.